The summed E-state index contributed by atoms with van der Waals surface area (Å²) in [5.41, 5.74) is 3.89. The fraction of sp³-hybridized carbons (Fsp3) is 0. The van der Waals surface area contributed by atoms with Crippen molar-refractivity contribution in [2.75, 3.05) is 0 Å². The van der Waals surface area contributed by atoms with Crippen LogP contribution >= 0.6 is 11.3 Å². The first-order valence-electron chi connectivity index (χ1n) is 8.46. The average molecular weight is 408 g/mol. The number of aromatic nitrogens is 1. The maximum absolute atomic E-state index is 13.1. The molecule has 0 aliphatic carbocycles. The highest BCUT2D eigenvalue weighted by atomic mass is 32.1. The van der Waals surface area contributed by atoms with E-state index in [0.29, 0.717) is 16.0 Å². The van der Waals surface area contributed by atoms with Crippen LogP contribution in [0.1, 0.15) is 15.4 Å². The van der Waals surface area contributed by atoms with Crippen LogP contribution in [0.5, 0.6) is 0 Å². The van der Waals surface area contributed by atoms with Gasteiger partial charge in [-0.3, -0.25) is 14.9 Å². The summed E-state index contributed by atoms with van der Waals surface area (Å²) in [6, 6.07) is 15.7. The number of nitrogens with one attached hydrogen (secondary N) is 1. The first-order chi connectivity index (χ1) is 14.0. The number of nitro groups is 1. The Bertz CT molecular complexity index is 1240. The van der Waals surface area contributed by atoms with E-state index in [9.17, 15) is 19.3 Å². The van der Waals surface area contributed by atoms with Gasteiger partial charge >= 0.3 is 0 Å². The number of nitrogens with zero attached hydrogens (tertiary/aromatic N) is 3. The molecule has 4 aromatic rings. The molecule has 0 bridgehead atoms. The summed E-state index contributed by atoms with van der Waals surface area (Å²) in [5.74, 6) is -0.734. The monoisotopic (exact) mass is 408 g/mol. The predicted molar refractivity (Wildman–Crippen MR) is 109 cm³/mol. The first kappa shape index (κ1) is 18.5. The van der Waals surface area contributed by atoms with Crippen LogP contribution < -0.4 is 5.43 Å². The van der Waals surface area contributed by atoms with E-state index in [1.807, 2.05) is 6.07 Å². The minimum atomic E-state index is -0.475. The number of halogens is 1. The molecule has 0 saturated carbocycles. The van der Waals surface area contributed by atoms with Gasteiger partial charge in [-0.25, -0.2) is 9.82 Å². The molecule has 4 rings (SSSR count). The van der Waals surface area contributed by atoms with Gasteiger partial charge in [0, 0.05) is 34.1 Å². The zero-order valence-corrected chi connectivity index (χ0v) is 15.6. The second-order valence-electron chi connectivity index (χ2n) is 6.07. The molecule has 2 aromatic heterocycles. The minimum absolute atomic E-state index is 0.0261. The minimum Gasteiger partial charge on any atom is -0.316 e. The summed E-state index contributed by atoms with van der Waals surface area (Å²) in [7, 11) is 0. The number of carbonyl (C=O) groups excluding carboxylic acids is 1. The lowest BCUT2D eigenvalue weighted by Crippen LogP contribution is -2.16. The molecule has 1 amide bonds. The zero-order chi connectivity index (χ0) is 20.4. The maximum atomic E-state index is 13.1. The third-order valence-corrected chi connectivity index (χ3v) is 5.30. The van der Waals surface area contributed by atoms with E-state index in [2.05, 4.69) is 10.5 Å². The predicted octanol–water partition coefficient (Wildman–Crippen LogP) is 4.50. The van der Waals surface area contributed by atoms with Gasteiger partial charge in [0.25, 0.3) is 11.6 Å². The first-order valence-corrected chi connectivity index (χ1v) is 9.27. The molecular weight excluding hydrogens is 395 g/mol. The maximum Gasteiger partial charge on any atom is 0.281 e. The van der Waals surface area contributed by atoms with Crippen molar-refractivity contribution in [3.63, 3.8) is 0 Å². The number of benzene rings is 2. The molecule has 7 nitrogen and oxygen atoms in total. The normalized spacial score (nSPS) is 11.2. The van der Waals surface area contributed by atoms with Gasteiger partial charge in [0.1, 0.15) is 5.82 Å². The smallest absolute Gasteiger partial charge is 0.281 e. The SMILES string of the molecule is O=C(NN=Cc1cccn1-c1ccc(F)cc1)c1cc2cc([N+](=O)[O-])ccc2s1. The highest BCUT2D eigenvalue weighted by Crippen LogP contribution is 2.28. The number of carbonyl (C=O) groups is 1. The van der Waals surface area contributed by atoms with E-state index in [1.165, 1.54) is 41.8 Å². The van der Waals surface area contributed by atoms with Crippen LogP contribution in [0, 0.1) is 15.9 Å². The van der Waals surface area contributed by atoms with Crippen molar-refractivity contribution in [2.24, 2.45) is 5.10 Å². The van der Waals surface area contributed by atoms with Gasteiger partial charge in [-0.15, -0.1) is 11.3 Å². The molecule has 29 heavy (non-hydrogen) atoms. The summed E-state index contributed by atoms with van der Waals surface area (Å²) in [6.07, 6.45) is 3.29. The number of rotatable bonds is 5. The zero-order valence-electron chi connectivity index (χ0n) is 14.8. The third kappa shape index (κ3) is 3.90. The highest BCUT2D eigenvalue weighted by molar-refractivity contribution is 7.20. The number of non-ortho nitro benzene ring substituents is 1. The van der Waals surface area contributed by atoms with Crippen molar-refractivity contribution in [3.05, 3.63) is 93.4 Å². The fourth-order valence-electron chi connectivity index (χ4n) is 2.80. The van der Waals surface area contributed by atoms with Crippen molar-refractivity contribution in [3.8, 4) is 5.69 Å². The van der Waals surface area contributed by atoms with E-state index < -0.39 is 10.8 Å². The molecule has 0 atom stereocenters. The van der Waals surface area contributed by atoms with Crippen molar-refractivity contribution in [1.82, 2.24) is 9.99 Å². The van der Waals surface area contributed by atoms with Crippen LogP contribution in [-0.2, 0) is 0 Å². The number of amides is 1. The molecule has 9 heteroatoms. The van der Waals surface area contributed by atoms with Crippen molar-refractivity contribution in [1.29, 1.82) is 0 Å². The van der Waals surface area contributed by atoms with Gasteiger partial charge in [-0.2, -0.15) is 5.10 Å². The number of hydrazone groups is 1. The van der Waals surface area contributed by atoms with Crippen molar-refractivity contribution in [2.45, 2.75) is 0 Å². The van der Waals surface area contributed by atoms with E-state index >= 15 is 0 Å². The van der Waals surface area contributed by atoms with E-state index in [4.69, 9.17) is 0 Å². The van der Waals surface area contributed by atoms with Gasteiger partial charge in [-0.05, 0) is 48.5 Å². The van der Waals surface area contributed by atoms with Gasteiger partial charge in [0.2, 0.25) is 0 Å². The van der Waals surface area contributed by atoms with Crippen LogP contribution in [0.15, 0.2) is 72.0 Å². The van der Waals surface area contributed by atoms with Crippen LogP contribution in [0.25, 0.3) is 15.8 Å². The molecule has 0 saturated heterocycles. The van der Waals surface area contributed by atoms with E-state index in [0.717, 1.165) is 10.4 Å². The summed E-state index contributed by atoms with van der Waals surface area (Å²) in [6.45, 7) is 0. The van der Waals surface area contributed by atoms with E-state index in [1.54, 1.807) is 41.1 Å². The summed E-state index contributed by atoms with van der Waals surface area (Å²) >= 11 is 1.23. The van der Waals surface area contributed by atoms with Crippen molar-refractivity contribution >= 4 is 39.2 Å². The molecule has 144 valence electrons. The summed E-state index contributed by atoms with van der Waals surface area (Å²) in [4.78, 5) is 23.2. The molecule has 0 spiro atoms. The number of hydrogen-bond acceptors (Lipinski definition) is 5. The molecule has 0 unspecified atom stereocenters. The Morgan fingerprint density at radius 3 is 2.72 bits per heavy atom. The molecule has 2 aromatic carbocycles. The molecular formula is C20H13FN4O3S. The third-order valence-electron chi connectivity index (χ3n) is 4.18. The largest absolute Gasteiger partial charge is 0.316 e. The lowest BCUT2D eigenvalue weighted by molar-refractivity contribution is -0.384. The molecule has 0 radical (unpaired) electrons. The number of nitro benzene ring substituents is 1. The topological polar surface area (TPSA) is 89.5 Å². The van der Waals surface area contributed by atoms with Gasteiger partial charge < -0.3 is 4.57 Å². The fourth-order valence-corrected chi connectivity index (χ4v) is 3.74. The molecule has 0 aliphatic rings. The van der Waals surface area contributed by atoms with Gasteiger partial charge in [0.05, 0.1) is 21.7 Å². The lowest BCUT2D eigenvalue weighted by Gasteiger charge is -2.05. The number of thiophene rings is 1. The van der Waals surface area contributed by atoms with Crippen LogP contribution in [0.2, 0.25) is 0 Å². The Balaban J connectivity index is 1.49. The highest BCUT2D eigenvalue weighted by Gasteiger charge is 2.13. The quantitative estimate of drug-likeness (QED) is 0.299. The molecule has 2 heterocycles. The Morgan fingerprint density at radius 1 is 1.17 bits per heavy atom. The summed E-state index contributed by atoms with van der Waals surface area (Å²) in [5, 5.41) is 15.5. The molecule has 1 N–H and O–H groups in total. The Labute approximate surface area is 167 Å². The van der Waals surface area contributed by atoms with Gasteiger partial charge in [0.15, 0.2) is 0 Å². The van der Waals surface area contributed by atoms with Crippen LogP contribution in [0.3, 0.4) is 0 Å². The molecule has 0 aliphatic heterocycles. The number of hydrogen-bond donors (Lipinski definition) is 1. The van der Waals surface area contributed by atoms with E-state index in [-0.39, 0.29) is 11.5 Å². The summed E-state index contributed by atoms with van der Waals surface area (Å²) < 4.78 is 15.7. The number of fused-ring (bicyclic) bond motifs is 1. The Morgan fingerprint density at radius 2 is 1.97 bits per heavy atom. The van der Waals surface area contributed by atoms with Gasteiger partial charge in [-0.1, -0.05) is 0 Å². The average Bonchev–Trinajstić information content (AvgIpc) is 3.34. The molecule has 0 fully saturated rings. The Kier molecular flexibility index (Phi) is 4.88. The lowest BCUT2D eigenvalue weighted by atomic mass is 10.2. The van der Waals surface area contributed by atoms with Crippen molar-refractivity contribution < 1.29 is 14.1 Å². The Hall–Kier alpha value is -3.85. The second-order valence-corrected chi connectivity index (χ2v) is 7.15. The van der Waals surface area contributed by atoms with Crippen LogP contribution in [0.4, 0.5) is 10.1 Å². The standard InChI is InChI=1S/C20H13FN4O3S/c21-14-3-5-15(6-4-14)24-9-1-2-17(24)12-22-23-20(26)19-11-13-10-16(25(27)28)7-8-18(13)29-19/h1-12H,(H,23,26). The second kappa shape index (κ2) is 7.64. The van der Waals surface area contributed by atoms with Crippen LogP contribution in [-0.4, -0.2) is 21.6 Å².